The van der Waals surface area contributed by atoms with Gasteiger partial charge in [0.25, 0.3) is 0 Å². The predicted molar refractivity (Wildman–Crippen MR) is 45.4 cm³/mol. The number of carbonyl (C=O) groups is 1. The summed E-state index contributed by atoms with van der Waals surface area (Å²) in [5, 5.41) is 8.53. The molecule has 0 bridgehead atoms. The molecule has 0 aliphatic carbocycles. The van der Waals surface area contributed by atoms with Gasteiger partial charge in [0.1, 0.15) is 11.9 Å². The zero-order valence-electron chi connectivity index (χ0n) is 6.70. The fourth-order valence-corrected chi connectivity index (χ4v) is 0.958. The summed E-state index contributed by atoms with van der Waals surface area (Å²) in [6.45, 7) is 0. The summed E-state index contributed by atoms with van der Waals surface area (Å²) in [6.07, 6.45) is 0. The van der Waals surface area contributed by atoms with Crippen LogP contribution in [0.4, 0.5) is 10.1 Å². The number of aliphatic carboxylic acids is 1. The molecular formula is C8H9FN2O2. The van der Waals surface area contributed by atoms with Crippen molar-refractivity contribution in [2.75, 3.05) is 5.73 Å². The Kier molecular flexibility index (Phi) is 2.48. The molecule has 13 heavy (non-hydrogen) atoms. The Morgan fingerprint density at radius 1 is 1.46 bits per heavy atom. The van der Waals surface area contributed by atoms with E-state index in [1.807, 2.05) is 0 Å². The molecule has 0 radical (unpaired) electrons. The number of rotatable bonds is 2. The van der Waals surface area contributed by atoms with Crippen molar-refractivity contribution in [3.8, 4) is 0 Å². The molecule has 0 amide bonds. The van der Waals surface area contributed by atoms with Crippen LogP contribution in [0.15, 0.2) is 18.2 Å². The monoisotopic (exact) mass is 184 g/mol. The van der Waals surface area contributed by atoms with Gasteiger partial charge in [0.05, 0.1) is 0 Å². The number of hydrogen-bond acceptors (Lipinski definition) is 3. The minimum absolute atomic E-state index is 0.157. The van der Waals surface area contributed by atoms with Gasteiger partial charge >= 0.3 is 5.97 Å². The van der Waals surface area contributed by atoms with E-state index in [2.05, 4.69) is 0 Å². The van der Waals surface area contributed by atoms with E-state index in [0.29, 0.717) is 0 Å². The van der Waals surface area contributed by atoms with E-state index in [-0.39, 0.29) is 11.3 Å². The average molecular weight is 184 g/mol. The van der Waals surface area contributed by atoms with E-state index >= 15 is 0 Å². The zero-order chi connectivity index (χ0) is 10.0. The minimum Gasteiger partial charge on any atom is -0.480 e. The summed E-state index contributed by atoms with van der Waals surface area (Å²) in [5.74, 6) is -1.81. The van der Waals surface area contributed by atoms with Crippen molar-refractivity contribution in [1.82, 2.24) is 0 Å². The zero-order valence-corrected chi connectivity index (χ0v) is 6.70. The van der Waals surface area contributed by atoms with Gasteiger partial charge < -0.3 is 16.6 Å². The van der Waals surface area contributed by atoms with Crippen LogP contribution in [0.25, 0.3) is 0 Å². The van der Waals surface area contributed by atoms with E-state index in [4.69, 9.17) is 16.6 Å². The molecule has 5 heteroatoms. The molecule has 0 saturated carbocycles. The second-order valence-electron chi connectivity index (χ2n) is 2.63. The third-order valence-electron chi connectivity index (χ3n) is 1.57. The van der Waals surface area contributed by atoms with Crippen LogP contribution >= 0.6 is 0 Å². The highest BCUT2D eigenvalue weighted by atomic mass is 19.1. The molecule has 1 atom stereocenters. The van der Waals surface area contributed by atoms with Crippen LogP contribution in [0.2, 0.25) is 0 Å². The van der Waals surface area contributed by atoms with Crippen molar-refractivity contribution in [2.45, 2.75) is 6.04 Å². The smallest absolute Gasteiger partial charge is 0.325 e. The average Bonchev–Trinajstić information content (AvgIpc) is 2.01. The van der Waals surface area contributed by atoms with Gasteiger partial charge in [-0.05, 0) is 23.8 Å². The summed E-state index contributed by atoms with van der Waals surface area (Å²) in [4.78, 5) is 10.4. The Hall–Kier alpha value is -1.62. The molecule has 4 nitrogen and oxygen atoms in total. The Morgan fingerprint density at radius 2 is 2.08 bits per heavy atom. The van der Waals surface area contributed by atoms with Crippen LogP contribution in [0.1, 0.15) is 11.6 Å². The fourth-order valence-electron chi connectivity index (χ4n) is 0.958. The number of hydrogen-bond donors (Lipinski definition) is 3. The molecule has 1 aromatic carbocycles. The summed E-state index contributed by atoms with van der Waals surface area (Å²) in [6, 6.07) is 2.24. The van der Waals surface area contributed by atoms with Gasteiger partial charge in [-0.3, -0.25) is 4.79 Å². The second-order valence-corrected chi connectivity index (χ2v) is 2.63. The lowest BCUT2D eigenvalue weighted by atomic mass is 10.1. The molecule has 0 fully saturated rings. The maximum absolute atomic E-state index is 12.7. The third-order valence-corrected chi connectivity index (χ3v) is 1.57. The summed E-state index contributed by atoms with van der Waals surface area (Å²) >= 11 is 0. The predicted octanol–water partition coefficient (Wildman–Crippen LogP) is 0.492. The van der Waals surface area contributed by atoms with Crippen LogP contribution in [0.5, 0.6) is 0 Å². The SMILES string of the molecule is Nc1cc(F)cc(C(N)C(=O)O)c1. The topological polar surface area (TPSA) is 89.3 Å². The summed E-state index contributed by atoms with van der Waals surface area (Å²) in [5.41, 5.74) is 10.9. The van der Waals surface area contributed by atoms with Crippen LogP contribution in [-0.2, 0) is 4.79 Å². The Labute approximate surface area is 74.0 Å². The first-order chi connectivity index (χ1) is 6.00. The first-order valence-electron chi connectivity index (χ1n) is 3.55. The van der Waals surface area contributed by atoms with Gasteiger partial charge in [0, 0.05) is 5.69 Å². The highest BCUT2D eigenvalue weighted by molar-refractivity contribution is 5.75. The molecule has 0 aromatic heterocycles. The van der Waals surface area contributed by atoms with E-state index in [0.717, 1.165) is 12.1 Å². The highest BCUT2D eigenvalue weighted by Crippen LogP contribution is 2.16. The Morgan fingerprint density at radius 3 is 2.54 bits per heavy atom. The van der Waals surface area contributed by atoms with E-state index in [1.165, 1.54) is 6.07 Å². The lowest BCUT2D eigenvalue weighted by Crippen LogP contribution is -2.20. The molecule has 0 spiro atoms. The lowest BCUT2D eigenvalue weighted by Gasteiger charge is -2.07. The van der Waals surface area contributed by atoms with Gasteiger partial charge in [-0.15, -0.1) is 0 Å². The molecule has 0 saturated heterocycles. The van der Waals surface area contributed by atoms with Gasteiger partial charge in [-0.25, -0.2) is 4.39 Å². The number of carboxylic acids is 1. The van der Waals surface area contributed by atoms with Crippen molar-refractivity contribution in [1.29, 1.82) is 0 Å². The van der Waals surface area contributed by atoms with Crippen LogP contribution in [0, 0.1) is 5.82 Å². The number of benzene rings is 1. The number of nitrogen functional groups attached to an aromatic ring is 1. The van der Waals surface area contributed by atoms with Gasteiger partial charge in [-0.1, -0.05) is 0 Å². The van der Waals surface area contributed by atoms with E-state index < -0.39 is 17.8 Å². The molecule has 1 aromatic rings. The standard InChI is InChI=1S/C8H9FN2O2/c9-5-1-4(2-6(10)3-5)7(11)8(12)13/h1-3,7H,10-11H2,(H,12,13). The van der Waals surface area contributed by atoms with Crippen molar-refractivity contribution in [3.05, 3.63) is 29.6 Å². The number of anilines is 1. The number of halogens is 1. The normalized spacial score (nSPS) is 12.5. The quantitative estimate of drug-likeness (QED) is 0.583. The maximum atomic E-state index is 12.7. The van der Waals surface area contributed by atoms with Crippen LogP contribution in [0.3, 0.4) is 0 Å². The molecule has 0 aliphatic rings. The van der Waals surface area contributed by atoms with Gasteiger partial charge in [0.15, 0.2) is 0 Å². The highest BCUT2D eigenvalue weighted by Gasteiger charge is 2.15. The molecule has 0 heterocycles. The molecule has 5 N–H and O–H groups in total. The second kappa shape index (κ2) is 3.40. The number of nitrogens with two attached hydrogens (primary N) is 2. The molecule has 1 rings (SSSR count). The first kappa shape index (κ1) is 9.47. The van der Waals surface area contributed by atoms with Gasteiger partial charge in [0.2, 0.25) is 0 Å². The maximum Gasteiger partial charge on any atom is 0.325 e. The van der Waals surface area contributed by atoms with Crippen molar-refractivity contribution >= 4 is 11.7 Å². The largest absolute Gasteiger partial charge is 0.480 e. The fraction of sp³-hybridized carbons (Fsp3) is 0.125. The summed E-state index contributed by atoms with van der Waals surface area (Å²) < 4.78 is 12.7. The van der Waals surface area contributed by atoms with Crippen molar-refractivity contribution in [3.63, 3.8) is 0 Å². The minimum atomic E-state index is -1.24. The summed E-state index contributed by atoms with van der Waals surface area (Å²) in [7, 11) is 0. The van der Waals surface area contributed by atoms with E-state index in [9.17, 15) is 9.18 Å². The molecule has 0 aliphatic heterocycles. The molecule has 70 valence electrons. The third kappa shape index (κ3) is 2.16. The lowest BCUT2D eigenvalue weighted by molar-refractivity contribution is -0.138. The first-order valence-corrected chi connectivity index (χ1v) is 3.55. The molecular weight excluding hydrogens is 175 g/mol. The molecule has 1 unspecified atom stereocenters. The van der Waals surface area contributed by atoms with Crippen LogP contribution in [-0.4, -0.2) is 11.1 Å². The van der Waals surface area contributed by atoms with Crippen molar-refractivity contribution in [2.24, 2.45) is 5.73 Å². The number of carboxylic acid groups (broad SMARTS) is 1. The Balaban J connectivity index is 3.07. The van der Waals surface area contributed by atoms with Gasteiger partial charge in [-0.2, -0.15) is 0 Å². The van der Waals surface area contributed by atoms with Crippen LogP contribution < -0.4 is 11.5 Å². The van der Waals surface area contributed by atoms with E-state index in [1.54, 1.807) is 0 Å². The van der Waals surface area contributed by atoms with Crippen molar-refractivity contribution < 1.29 is 14.3 Å². The Bertz CT molecular complexity index is 321.